The van der Waals surface area contributed by atoms with Crippen LogP contribution in [0.4, 0.5) is 13.2 Å². The van der Waals surface area contributed by atoms with Crippen LogP contribution in [0.3, 0.4) is 0 Å². The van der Waals surface area contributed by atoms with Crippen molar-refractivity contribution in [2.75, 3.05) is 19.6 Å². The SMILES string of the molecule is C=C(C)CC1(CC)CN(CC(/C=C/C)=C/C(CCC)=C(\CC)c2ccc(F)c(F)c2F)C1. The minimum Gasteiger partial charge on any atom is -0.298 e. The summed E-state index contributed by atoms with van der Waals surface area (Å²) in [7, 11) is 0. The second-order valence-electron chi connectivity index (χ2n) is 9.18. The van der Waals surface area contributed by atoms with Crippen molar-refractivity contribution in [2.24, 2.45) is 5.41 Å². The fourth-order valence-electron chi connectivity index (χ4n) is 4.89. The van der Waals surface area contributed by atoms with Crippen LogP contribution in [0.2, 0.25) is 0 Å². The zero-order chi connectivity index (χ0) is 23.9. The van der Waals surface area contributed by atoms with Gasteiger partial charge in [-0.15, -0.1) is 6.58 Å². The molecule has 0 N–H and O–H groups in total. The van der Waals surface area contributed by atoms with Gasteiger partial charge < -0.3 is 0 Å². The summed E-state index contributed by atoms with van der Waals surface area (Å²) >= 11 is 0. The van der Waals surface area contributed by atoms with Crippen molar-refractivity contribution in [3.63, 3.8) is 0 Å². The molecule has 1 aromatic carbocycles. The summed E-state index contributed by atoms with van der Waals surface area (Å²) in [6.07, 6.45) is 10.6. The van der Waals surface area contributed by atoms with Crippen molar-refractivity contribution in [2.45, 2.75) is 66.7 Å². The van der Waals surface area contributed by atoms with Crippen LogP contribution in [-0.2, 0) is 0 Å². The van der Waals surface area contributed by atoms with Gasteiger partial charge in [0.2, 0.25) is 0 Å². The van der Waals surface area contributed by atoms with Gasteiger partial charge in [0.25, 0.3) is 0 Å². The van der Waals surface area contributed by atoms with Crippen LogP contribution in [0.5, 0.6) is 0 Å². The van der Waals surface area contributed by atoms with Crippen LogP contribution in [0.15, 0.2) is 53.7 Å². The molecule has 0 aromatic heterocycles. The summed E-state index contributed by atoms with van der Waals surface area (Å²) < 4.78 is 42.0. The highest BCUT2D eigenvalue weighted by Gasteiger charge is 2.40. The minimum absolute atomic E-state index is 0.154. The summed E-state index contributed by atoms with van der Waals surface area (Å²) in [5.74, 6) is -3.67. The molecule has 176 valence electrons. The van der Waals surface area contributed by atoms with E-state index in [0.717, 1.165) is 68.1 Å². The number of halogens is 3. The summed E-state index contributed by atoms with van der Waals surface area (Å²) in [4.78, 5) is 2.44. The predicted octanol–water partition coefficient (Wildman–Crippen LogP) is 8.25. The van der Waals surface area contributed by atoms with Crippen LogP contribution >= 0.6 is 0 Å². The van der Waals surface area contributed by atoms with Crippen LogP contribution in [0.25, 0.3) is 5.57 Å². The fraction of sp³-hybridized carbons (Fsp3) is 0.500. The largest absolute Gasteiger partial charge is 0.298 e. The monoisotopic (exact) mass is 445 g/mol. The molecule has 32 heavy (non-hydrogen) atoms. The van der Waals surface area contributed by atoms with E-state index in [1.807, 2.05) is 19.9 Å². The molecule has 4 heteroatoms. The average Bonchev–Trinajstić information content (AvgIpc) is 2.72. The molecule has 1 saturated heterocycles. The highest BCUT2D eigenvalue weighted by atomic mass is 19.2. The van der Waals surface area contributed by atoms with E-state index in [-0.39, 0.29) is 5.56 Å². The zero-order valence-electron chi connectivity index (χ0n) is 20.3. The lowest BCUT2D eigenvalue weighted by Crippen LogP contribution is -2.56. The van der Waals surface area contributed by atoms with Gasteiger partial charge in [0.15, 0.2) is 17.5 Å². The zero-order valence-corrected chi connectivity index (χ0v) is 20.3. The Balaban J connectivity index is 2.38. The van der Waals surface area contributed by atoms with Crippen LogP contribution in [0.1, 0.15) is 72.3 Å². The lowest BCUT2D eigenvalue weighted by molar-refractivity contribution is 0.00552. The Hall–Kier alpha value is -2.07. The van der Waals surface area contributed by atoms with Gasteiger partial charge in [0.05, 0.1) is 0 Å². The maximum atomic E-state index is 14.6. The Morgan fingerprint density at radius 1 is 1.12 bits per heavy atom. The van der Waals surface area contributed by atoms with Gasteiger partial charge in [-0.3, -0.25) is 4.90 Å². The predicted molar refractivity (Wildman–Crippen MR) is 130 cm³/mol. The second-order valence-corrected chi connectivity index (χ2v) is 9.18. The smallest absolute Gasteiger partial charge is 0.195 e. The first kappa shape index (κ1) is 26.2. The maximum Gasteiger partial charge on any atom is 0.195 e. The molecule has 0 spiro atoms. The van der Waals surface area contributed by atoms with Crippen molar-refractivity contribution in [3.8, 4) is 0 Å². The van der Waals surface area contributed by atoms with Crippen LogP contribution in [-0.4, -0.2) is 24.5 Å². The number of rotatable bonds is 11. The molecule has 0 aliphatic carbocycles. The van der Waals surface area contributed by atoms with Crippen LogP contribution < -0.4 is 0 Å². The van der Waals surface area contributed by atoms with Crippen molar-refractivity contribution in [1.82, 2.24) is 4.90 Å². The fourth-order valence-corrected chi connectivity index (χ4v) is 4.89. The normalized spacial score (nSPS) is 17.4. The molecule has 1 heterocycles. The Bertz CT molecular complexity index is 901. The van der Waals surface area contributed by atoms with E-state index in [9.17, 15) is 13.2 Å². The number of hydrogen-bond acceptors (Lipinski definition) is 1. The molecule has 0 bridgehead atoms. The maximum absolute atomic E-state index is 14.6. The molecular weight excluding hydrogens is 407 g/mol. The van der Waals surface area contributed by atoms with Crippen molar-refractivity contribution < 1.29 is 13.2 Å². The summed E-state index contributed by atoms with van der Waals surface area (Å²) in [6, 6.07) is 2.36. The van der Waals surface area contributed by atoms with Gasteiger partial charge >= 0.3 is 0 Å². The molecule has 1 aliphatic rings. The first-order valence-electron chi connectivity index (χ1n) is 11.8. The van der Waals surface area contributed by atoms with E-state index in [4.69, 9.17) is 0 Å². The third kappa shape index (κ3) is 6.25. The van der Waals surface area contributed by atoms with E-state index < -0.39 is 17.5 Å². The van der Waals surface area contributed by atoms with E-state index in [2.05, 4.69) is 44.4 Å². The Morgan fingerprint density at radius 2 is 1.81 bits per heavy atom. The first-order valence-corrected chi connectivity index (χ1v) is 11.8. The van der Waals surface area contributed by atoms with Gasteiger partial charge in [-0.05, 0) is 73.8 Å². The number of hydrogen-bond donors (Lipinski definition) is 0. The molecule has 0 unspecified atom stereocenters. The topological polar surface area (TPSA) is 3.24 Å². The van der Waals surface area contributed by atoms with Gasteiger partial charge in [-0.2, -0.15) is 0 Å². The summed E-state index contributed by atoms with van der Waals surface area (Å²) in [5, 5.41) is 0. The van der Waals surface area contributed by atoms with E-state index in [0.29, 0.717) is 11.8 Å². The van der Waals surface area contributed by atoms with E-state index in [1.165, 1.54) is 11.6 Å². The van der Waals surface area contributed by atoms with Crippen molar-refractivity contribution >= 4 is 5.57 Å². The quantitative estimate of drug-likeness (QED) is 0.188. The first-order chi connectivity index (χ1) is 15.2. The Morgan fingerprint density at radius 3 is 2.34 bits per heavy atom. The minimum atomic E-state index is -1.41. The molecule has 1 nitrogen and oxygen atoms in total. The molecule has 1 aromatic rings. The number of benzene rings is 1. The van der Waals surface area contributed by atoms with E-state index in [1.54, 1.807) is 0 Å². The second kappa shape index (κ2) is 11.7. The van der Waals surface area contributed by atoms with E-state index >= 15 is 0 Å². The number of nitrogens with zero attached hydrogens (tertiary/aromatic N) is 1. The molecule has 1 aliphatic heterocycles. The third-order valence-corrected chi connectivity index (χ3v) is 6.31. The molecule has 0 saturated carbocycles. The number of allylic oxidation sites excluding steroid dienone is 5. The number of likely N-dealkylation sites (tertiary alicyclic amines) is 1. The highest BCUT2D eigenvalue weighted by Crippen LogP contribution is 2.40. The molecule has 0 atom stereocenters. The van der Waals surface area contributed by atoms with Gasteiger partial charge in [-0.25, -0.2) is 13.2 Å². The van der Waals surface area contributed by atoms with Gasteiger partial charge in [-0.1, -0.05) is 51.0 Å². The Kier molecular flexibility index (Phi) is 9.57. The molecule has 1 fully saturated rings. The highest BCUT2D eigenvalue weighted by molar-refractivity contribution is 5.71. The standard InChI is InChI=1S/C28H38F3N/c1-7-11-21(17-32-18-28(10-4,19-32)16-20(5)6)15-22(12-8-2)23(9-3)24-13-14-25(29)27(31)26(24)30/h7,11,13-15H,5,8-10,12,16-19H2,1-4,6H3/b11-7+,21-15+,23-22+. The molecule has 0 amide bonds. The molecule has 2 rings (SSSR count). The summed E-state index contributed by atoms with van der Waals surface area (Å²) in [6.45, 7) is 17.3. The molecule has 0 radical (unpaired) electrons. The van der Waals surface area contributed by atoms with Crippen LogP contribution in [0, 0.1) is 22.9 Å². The summed E-state index contributed by atoms with van der Waals surface area (Å²) in [5.41, 5.74) is 4.56. The van der Waals surface area contributed by atoms with Gasteiger partial charge in [0, 0.05) is 25.2 Å². The molecular formula is C28H38F3N. The lowest BCUT2D eigenvalue weighted by atomic mass is 9.73. The van der Waals surface area contributed by atoms with Crippen molar-refractivity contribution in [1.29, 1.82) is 0 Å². The third-order valence-electron chi connectivity index (χ3n) is 6.31. The lowest BCUT2D eigenvalue weighted by Gasteiger charge is -2.50. The van der Waals surface area contributed by atoms with Crippen molar-refractivity contribution in [3.05, 3.63) is 76.7 Å². The van der Waals surface area contributed by atoms with Gasteiger partial charge in [0.1, 0.15) is 0 Å². The Labute approximate surface area is 192 Å². The average molecular weight is 446 g/mol.